The minimum Gasteiger partial charge on any atom is -0.481 e. The Kier molecular flexibility index (Phi) is 4.43. The minimum atomic E-state index is -0.775. The van der Waals surface area contributed by atoms with Gasteiger partial charge in [0.2, 0.25) is 0 Å². The van der Waals surface area contributed by atoms with Crippen LogP contribution in [0, 0.1) is 29.4 Å². The Hall–Kier alpha value is -3.49. The topological polar surface area (TPSA) is 95.8 Å². The highest BCUT2D eigenvalue weighted by atomic mass is 19.1. The number of halogens is 2. The van der Waals surface area contributed by atoms with E-state index in [9.17, 15) is 18.7 Å². The quantitative estimate of drug-likeness (QED) is 0.418. The molecule has 7 nitrogen and oxygen atoms in total. The smallest absolute Gasteiger partial charge is 0.308 e. The van der Waals surface area contributed by atoms with Gasteiger partial charge in [0, 0.05) is 42.5 Å². The zero-order valence-corrected chi connectivity index (χ0v) is 18.0. The third-order valence-electron chi connectivity index (χ3n) is 7.48. The SMILES string of the molecule is Cn1ccc2c(N[C@@H]3C4CCC(CC4)[C@H]3C(=O)O)nc(-c3c[nH]c4c(F)cc(F)cc34)nc21. The van der Waals surface area contributed by atoms with Crippen molar-refractivity contribution in [3.63, 3.8) is 0 Å². The van der Waals surface area contributed by atoms with Crippen molar-refractivity contribution in [3.8, 4) is 11.4 Å². The molecule has 0 saturated heterocycles. The number of carboxylic acids is 1. The number of benzene rings is 1. The molecule has 4 aromatic rings. The van der Waals surface area contributed by atoms with Gasteiger partial charge in [-0.3, -0.25) is 4.79 Å². The standard InChI is InChI=1S/C24H23F2N5O2/c1-31-7-6-14-21(28-19-12-4-2-11(3-5-12)18(19)24(32)33)29-22(30-23(14)31)16-10-27-20-15(16)8-13(25)9-17(20)26/h6-12,18-19,27H,2-5H2,1H3,(H,32,33)(H,28,29,30)/t11?,12?,18-,19-/m1/s1. The number of hydrogen-bond donors (Lipinski definition) is 3. The van der Waals surface area contributed by atoms with E-state index in [0.717, 1.165) is 37.1 Å². The summed E-state index contributed by atoms with van der Waals surface area (Å²) in [5.74, 6) is -1.31. The summed E-state index contributed by atoms with van der Waals surface area (Å²) >= 11 is 0. The maximum absolute atomic E-state index is 14.3. The average Bonchev–Trinajstić information content (AvgIpc) is 3.38. The molecule has 0 radical (unpaired) electrons. The van der Waals surface area contributed by atoms with Crippen LogP contribution < -0.4 is 5.32 Å². The number of rotatable bonds is 4. The molecule has 3 aliphatic rings. The number of aliphatic carboxylic acids is 1. The fraction of sp³-hybridized carbons (Fsp3) is 0.375. The first-order valence-corrected chi connectivity index (χ1v) is 11.2. The lowest BCUT2D eigenvalue weighted by molar-refractivity contribution is -0.148. The van der Waals surface area contributed by atoms with Crippen LogP contribution in [0.1, 0.15) is 25.7 Å². The number of aryl methyl sites for hydroxylation is 1. The second-order valence-corrected chi connectivity index (χ2v) is 9.28. The van der Waals surface area contributed by atoms with Gasteiger partial charge in [0.05, 0.1) is 16.8 Å². The van der Waals surface area contributed by atoms with E-state index in [0.29, 0.717) is 28.2 Å². The van der Waals surface area contributed by atoms with Crippen molar-refractivity contribution in [2.45, 2.75) is 31.7 Å². The van der Waals surface area contributed by atoms with Crippen LogP contribution in [0.4, 0.5) is 14.6 Å². The van der Waals surface area contributed by atoms with E-state index in [2.05, 4.69) is 15.3 Å². The summed E-state index contributed by atoms with van der Waals surface area (Å²) in [6.07, 6.45) is 7.34. The highest BCUT2D eigenvalue weighted by Crippen LogP contribution is 2.46. The third-order valence-corrected chi connectivity index (χ3v) is 7.48. The molecule has 0 spiro atoms. The Morgan fingerprint density at radius 2 is 1.91 bits per heavy atom. The molecule has 170 valence electrons. The van der Waals surface area contributed by atoms with Gasteiger partial charge in [-0.25, -0.2) is 18.7 Å². The normalized spacial score (nSPS) is 24.6. The van der Waals surface area contributed by atoms with Gasteiger partial charge in [0.1, 0.15) is 23.1 Å². The number of nitrogens with one attached hydrogen (secondary N) is 2. The third kappa shape index (κ3) is 3.09. The van der Waals surface area contributed by atoms with Crippen LogP contribution in [-0.2, 0) is 11.8 Å². The molecule has 3 N–H and O–H groups in total. The fourth-order valence-electron chi connectivity index (χ4n) is 5.88. The number of fused-ring (bicyclic) bond motifs is 5. The molecule has 33 heavy (non-hydrogen) atoms. The molecule has 3 aromatic heterocycles. The van der Waals surface area contributed by atoms with Crippen molar-refractivity contribution < 1.29 is 18.7 Å². The lowest BCUT2D eigenvalue weighted by Crippen LogP contribution is -2.51. The average molecular weight is 451 g/mol. The van der Waals surface area contributed by atoms with Gasteiger partial charge in [-0.2, -0.15) is 0 Å². The van der Waals surface area contributed by atoms with E-state index >= 15 is 0 Å². The molecular formula is C24H23F2N5O2. The first-order valence-electron chi connectivity index (χ1n) is 11.2. The van der Waals surface area contributed by atoms with Crippen LogP contribution in [0.15, 0.2) is 30.6 Å². The van der Waals surface area contributed by atoms with E-state index in [1.165, 1.54) is 6.07 Å². The summed E-state index contributed by atoms with van der Waals surface area (Å²) in [7, 11) is 1.86. The number of aromatic amines is 1. The Labute approximate surface area is 187 Å². The van der Waals surface area contributed by atoms with Crippen molar-refractivity contribution in [2.24, 2.45) is 24.8 Å². The van der Waals surface area contributed by atoms with Gasteiger partial charge >= 0.3 is 5.97 Å². The molecule has 0 unspecified atom stereocenters. The first kappa shape index (κ1) is 20.1. The molecule has 3 fully saturated rings. The molecule has 3 heterocycles. The summed E-state index contributed by atoms with van der Waals surface area (Å²) in [6, 6.07) is 3.77. The van der Waals surface area contributed by atoms with Crippen molar-refractivity contribution in [1.82, 2.24) is 19.5 Å². The summed E-state index contributed by atoms with van der Waals surface area (Å²) < 4.78 is 30.1. The molecule has 0 aliphatic heterocycles. The van der Waals surface area contributed by atoms with E-state index < -0.39 is 23.5 Å². The highest BCUT2D eigenvalue weighted by molar-refractivity contribution is 5.96. The molecular weight excluding hydrogens is 428 g/mol. The van der Waals surface area contributed by atoms with E-state index in [-0.39, 0.29) is 23.4 Å². The highest BCUT2D eigenvalue weighted by Gasteiger charge is 2.47. The summed E-state index contributed by atoms with van der Waals surface area (Å²) in [4.78, 5) is 24.4. The molecule has 1 aromatic carbocycles. The van der Waals surface area contributed by atoms with Gasteiger partial charge in [-0.15, -0.1) is 0 Å². The van der Waals surface area contributed by atoms with Crippen LogP contribution in [0.3, 0.4) is 0 Å². The van der Waals surface area contributed by atoms with Gasteiger partial charge in [0.25, 0.3) is 0 Å². The maximum atomic E-state index is 14.3. The molecule has 2 atom stereocenters. The van der Waals surface area contributed by atoms with Crippen LogP contribution in [0.25, 0.3) is 33.3 Å². The zero-order valence-electron chi connectivity index (χ0n) is 18.0. The van der Waals surface area contributed by atoms with E-state index in [1.807, 2.05) is 23.9 Å². The maximum Gasteiger partial charge on any atom is 0.308 e. The zero-order chi connectivity index (χ0) is 22.9. The molecule has 2 bridgehead atoms. The summed E-state index contributed by atoms with van der Waals surface area (Å²) in [5, 5.41) is 14.6. The largest absolute Gasteiger partial charge is 0.481 e. The van der Waals surface area contributed by atoms with Gasteiger partial charge in [-0.1, -0.05) is 0 Å². The van der Waals surface area contributed by atoms with Gasteiger partial charge in [0.15, 0.2) is 5.82 Å². The second kappa shape index (κ2) is 7.26. The second-order valence-electron chi connectivity index (χ2n) is 9.28. The fourth-order valence-corrected chi connectivity index (χ4v) is 5.88. The van der Waals surface area contributed by atoms with Crippen molar-refractivity contribution in [3.05, 3.63) is 42.2 Å². The number of H-pyrrole nitrogens is 1. The van der Waals surface area contributed by atoms with Crippen molar-refractivity contribution in [2.75, 3.05) is 5.32 Å². The van der Waals surface area contributed by atoms with E-state index in [4.69, 9.17) is 4.98 Å². The van der Waals surface area contributed by atoms with Gasteiger partial charge in [-0.05, 0) is 49.7 Å². The number of carbonyl (C=O) groups is 1. The number of anilines is 1. The van der Waals surface area contributed by atoms with Crippen LogP contribution >= 0.6 is 0 Å². The Bertz CT molecular complexity index is 1400. The lowest BCUT2D eigenvalue weighted by atomic mass is 9.61. The predicted molar refractivity (Wildman–Crippen MR) is 120 cm³/mol. The Morgan fingerprint density at radius 3 is 2.67 bits per heavy atom. The molecule has 7 rings (SSSR count). The molecule has 3 saturated carbocycles. The molecule has 9 heteroatoms. The first-order chi connectivity index (χ1) is 15.9. The minimum absolute atomic E-state index is 0.164. The number of hydrogen-bond acceptors (Lipinski definition) is 4. The Morgan fingerprint density at radius 1 is 1.15 bits per heavy atom. The Balaban J connectivity index is 1.49. The lowest BCUT2D eigenvalue weighted by Gasteiger charge is -2.47. The molecule has 0 amide bonds. The van der Waals surface area contributed by atoms with Crippen LogP contribution in [0.2, 0.25) is 0 Å². The number of aromatic nitrogens is 4. The number of nitrogens with zero attached hydrogens (tertiary/aromatic N) is 3. The predicted octanol–water partition coefficient (Wildman–Crippen LogP) is 4.70. The summed E-state index contributed by atoms with van der Waals surface area (Å²) in [6.45, 7) is 0. The van der Waals surface area contributed by atoms with Crippen LogP contribution in [-0.4, -0.2) is 36.6 Å². The van der Waals surface area contributed by atoms with E-state index in [1.54, 1.807) is 6.20 Å². The van der Waals surface area contributed by atoms with Crippen molar-refractivity contribution in [1.29, 1.82) is 0 Å². The van der Waals surface area contributed by atoms with Gasteiger partial charge < -0.3 is 20.0 Å². The number of carboxylic acid groups (broad SMARTS) is 1. The monoisotopic (exact) mass is 451 g/mol. The summed E-state index contributed by atoms with van der Waals surface area (Å²) in [5.41, 5.74) is 1.32. The van der Waals surface area contributed by atoms with Crippen LogP contribution in [0.5, 0.6) is 0 Å². The molecule has 3 aliphatic carbocycles. The van der Waals surface area contributed by atoms with Crippen molar-refractivity contribution >= 4 is 33.7 Å².